The zero-order valence-corrected chi connectivity index (χ0v) is 20.6. The highest BCUT2D eigenvalue weighted by molar-refractivity contribution is 9.10. The standard InChI is InChI=1S/C21H9BrCl2F6N2O2S/c22-9-7-13(31-20(34)32-19(33)15-11(25)2-1-3-12(15)26)17(27)16(24)18(9)35-14-5-4-8(6-10(14)23)21(28,29)30/h1-7H,(H2,31,32,33,34). The summed E-state index contributed by atoms with van der Waals surface area (Å²) in [4.78, 5) is 24.3. The summed E-state index contributed by atoms with van der Waals surface area (Å²) in [5.41, 5.74) is -2.50. The highest BCUT2D eigenvalue weighted by Gasteiger charge is 2.31. The molecular weight excluding hydrogens is 609 g/mol. The predicted molar refractivity (Wildman–Crippen MR) is 123 cm³/mol. The summed E-state index contributed by atoms with van der Waals surface area (Å²) in [7, 11) is 0. The molecule has 0 aliphatic heterocycles. The van der Waals surface area contributed by atoms with Gasteiger partial charge in [0.15, 0.2) is 5.82 Å². The van der Waals surface area contributed by atoms with Crippen molar-refractivity contribution in [1.82, 2.24) is 5.32 Å². The smallest absolute Gasteiger partial charge is 0.305 e. The molecule has 0 radical (unpaired) electrons. The lowest BCUT2D eigenvalue weighted by Crippen LogP contribution is -2.35. The molecule has 35 heavy (non-hydrogen) atoms. The number of anilines is 1. The van der Waals surface area contributed by atoms with Crippen LogP contribution in [0.3, 0.4) is 0 Å². The first-order valence-corrected chi connectivity index (χ1v) is 11.4. The minimum absolute atomic E-state index is 0.0290. The van der Waals surface area contributed by atoms with Crippen molar-refractivity contribution in [1.29, 1.82) is 0 Å². The van der Waals surface area contributed by atoms with Crippen molar-refractivity contribution >= 4 is 68.5 Å². The van der Waals surface area contributed by atoms with E-state index in [0.29, 0.717) is 6.07 Å². The van der Waals surface area contributed by atoms with Crippen LogP contribution in [-0.4, -0.2) is 11.9 Å². The van der Waals surface area contributed by atoms with E-state index >= 15 is 0 Å². The normalized spacial score (nSPS) is 11.3. The molecule has 0 aliphatic rings. The maximum atomic E-state index is 14.8. The van der Waals surface area contributed by atoms with Crippen molar-refractivity contribution in [3.8, 4) is 0 Å². The maximum absolute atomic E-state index is 14.8. The quantitative estimate of drug-likeness (QED) is 0.229. The maximum Gasteiger partial charge on any atom is 0.416 e. The van der Waals surface area contributed by atoms with E-state index < -0.39 is 57.4 Å². The summed E-state index contributed by atoms with van der Waals surface area (Å²) in [5.74, 6) is -4.99. The highest BCUT2D eigenvalue weighted by Crippen LogP contribution is 2.45. The van der Waals surface area contributed by atoms with E-state index in [9.17, 15) is 35.9 Å². The van der Waals surface area contributed by atoms with Gasteiger partial charge >= 0.3 is 12.2 Å². The molecule has 0 saturated carbocycles. The molecule has 0 atom stereocenters. The summed E-state index contributed by atoms with van der Waals surface area (Å²) in [6, 6.07) is 4.98. The fraction of sp³-hybridized carbons (Fsp3) is 0.0476. The molecule has 4 nitrogen and oxygen atoms in total. The number of urea groups is 1. The third-order valence-electron chi connectivity index (χ3n) is 4.25. The Hall–Kier alpha value is -2.41. The second kappa shape index (κ2) is 10.7. The third kappa shape index (κ3) is 6.24. The number of alkyl halides is 3. The van der Waals surface area contributed by atoms with Gasteiger partial charge in [-0.15, -0.1) is 0 Å². The van der Waals surface area contributed by atoms with E-state index in [0.717, 1.165) is 48.2 Å². The fourth-order valence-corrected chi connectivity index (χ4v) is 4.91. The van der Waals surface area contributed by atoms with Gasteiger partial charge in [-0.3, -0.25) is 10.1 Å². The lowest BCUT2D eigenvalue weighted by molar-refractivity contribution is -0.137. The van der Waals surface area contributed by atoms with Gasteiger partial charge in [0.1, 0.15) is 17.2 Å². The number of hydrogen-bond donors (Lipinski definition) is 2. The number of rotatable bonds is 4. The van der Waals surface area contributed by atoms with Crippen LogP contribution >= 0.6 is 50.9 Å². The Morgan fingerprint density at radius 3 is 2.17 bits per heavy atom. The Bertz CT molecular complexity index is 1320. The highest BCUT2D eigenvalue weighted by atomic mass is 79.9. The van der Waals surface area contributed by atoms with Crippen LogP contribution in [-0.2, 0) is 6.18 Å². The molecule has 0 unspecified atom stereocenters. The first-order valence-electron chi connectivity index (χ1n) is 9.08. The van der Waals surface area contributed by atoms with E-state index in [1.54, 1.807) is 5.32 Å². The summed E-state index contributed by atoms with van der Waals surface area (Å²) >= 11 is 15.9. The Morgan fingerprint density at radius 2 is 1.60 bits per heavy atom. The van der Waals surface area contributed by atoms with Gasteiger partial charge in [0.05, 0.1) is 21.3 Å². The number of amides is 3. The average Bonchev–Trinajstić information content (AvgIpc) is 2.75. The van der Waals surface area contributed by atoms with Crippen LogP contribution in [0.15, 0.2) is 56.7 Å². The summed E-state index contributed by atoms with van der Waals surface area (Å²) in [6.07, 6.45) is -4.61. The number of nitrogens with one attached hydrogen (secondary N) is 2. The van der Waals surface area contributed by atoms with Crippen LogP contribution in [0.1, 0.15) is 15.9 Å². The summed E-state index contributed by atoms with van der Waals surface area (Å²) < 4.78 is 80.8. The van der Waals surface area contributed by atoms with E-state index in [-0.39, 0.29) is 19.3 Å². The van der Waals surface area contributed by atoms with Crippen LogP contribution in [0.5, 0.6) is 0 Å². The van der Waals surface area contributed by atoms with Gasteiger partial charge in [0, 0.05) is 14.3 Å². The molecule has 3 aromatic carbocycles. The van der Waals surface area contributed by atoms with Crippen molar-refractivity contribution in [2.24, 2.45) is 0 Å². The van der Waals surface area contributed by atoms with Crippen molar-refractivity contribution < 1.29 is 35.9 Å². The second-order valence-electron chi connectivity index (χ2n) is 6.61. The van der Waals surface area contributed by atoms with Crippen molar-refractivity contribution in [2.45, 2.75) is 16.0 Å². The first kappa shape index (κ1) is 27.2. The molecule has 2 N–H and O–H groups in total. The largest absolute Gasteiger partial charge is 0.416 e. The average molecular weight is 618 g/mol. The van der Waals surface area contributed by atoms with E-state index in [4.69, 9.17) is 23.2 Å². The molecule has 0 heterocycles. The molecule has 0 bridgehead atoms. The predicted octanol–water partition coefficient (Wildman–Crippen LogP) is 8.31. The Kier molecular flexibility index (Phi) is 8.30. The van der Waals surface area contributed by atoms with Crippen molar-refractivity contribution in [3.05, 3.63) is 85.6 Å². The zero-order chi connectivity index (χ0) is 26.1. The number of carbonyl (C=O) groups excluding carboxylic acids is 2. The van der Waals surface area contributed by atoms with Crippen LogP contribution in [0.2, 0.25) is 10.0 Å². The molecule has 3 aromatic rings. The molecule has 0 saturated heterocycles. The first-order chi connectivity index (χ1) is 16.3. The van der Waals surface area contributed by atoms with E-state index in [1.807, 2.05) is 5.32 Å². The van der Waals surface area contributed by atoms with E-state index in [2.05, 4.69) is 15.9 Å². The number of benzene rings is 3. The molecule has 184 valence electrons. The van der Waals surface area contributed by atoms with Crippen molar-refractivity contribution in [3.63, 3.8) is 0 Å². The number of halogens is 9. The molecule has 14 heteroatoms. The van der Waals surface area contributed by atoms with Crippen molar-refractivity contribution in [2.75, 3.05) is 5.32 Å². The van der Waals surface area contributed by atoms with Crippen LogP contribution < -0.4 is 10.6 Å². The van der Waals surface area contributed by atoms with Gasteiger partial charge in [0.25, 0.3) is 5.91 Å². The molecular formula is C21H9BrCl2F6N2O2S. The van der Waals surface area contributed by atoms with Crippen LogP contribution in [0, 0.1) is 17.5 Å². The molecule has 0 fully saturated rings. The van der Waals surface area contributed by atoms with Gasteiger partial charge in [-0.2, -0.15) is 13.2 Å². The monoisotopic (exact) mass is 616 g/mol. The second-order valence-corrected chi connectivity index (χ2v) is 9.30. The number of carbonyl (C=O) groups is 2. The van der Waals surface area contributed by atoms with E-state index in [1.165, 1.54) is 0 Å². The van der Waals surface area contributed by atoms with Crippen LogP contribution in [0.4, 0.5) is 36.8 Å². The third-order valence-corrected chi connectivity index (χ3v) is 7.24. The van der Waals surface area contributed by atoms with Gasteiger partial charge in [-0.05, 0) is 52.3 Å². The molecule has 0 aliphatic carbocycles. The van der Waals surface area contributed by atoms with Gasteiger partial charge < -0.3 is 5.32 Å². The number of hydrogen-bond acceptors (Lipinski definition) is 3. The Morgan fingerprint density at radius 1 is 0.971 bits per heavy atom. The molecule has 3 amide bonds. The Labute approximate surface area is 216 Å². The zero-order valence-electron chi connectivity index (χ0n) is 16.7. The molecule has 0 spiro atoms. The fourth-order valence-electron chi connectivity index (χ4n) is 2.67. The van der Waals surface area contributed by atoms with Crippen LogP contribution in [0.25, 0.3) is 0 Å². The topological polar surface area (TPSA) is 58.2 Å². The molecule has 0 aromatic heterocycles. The Balaban J connectivity index is 1.81. The van der Waals surface area contributed by atoms with Gasteiger partial charge in [-0.1, -0.05) is 41.0 Å². The number of imide groups is 1. The lowest BCUT2D eigenvalue weighted by atomic mass is 10.2. The summed E-state index contributed by atoms with van der Waals surface area (Å²) in [6.45, 7) is 0. The van der Waals surface area contributed by atoms with Gasteiger partial charge in [-0.25, -0.2) is 18.0 Å². The van der Waals surface area contributed by atoms with Gasteiger partial charge in [0.2, 0.25) is 0 Å². The minimum atomic E-state index is -4.61. The minimum Gasteiger partial charge on any atom is -0.305 e. The molecule has 3 rings (SSSR count). The SMILES string of the molecule is O=C(NC(=O)c1c(F)cccc1F)Nc1cc(Br)c(Sc2ccc(C(F)(F)F)cc2Cl)c(Cl)c1F. The lowest BCUT2D eigenvalue weighted by Gasteiger charge is -2.14. The summed E-state index contributed by atoms with van der Waals surface area (Å²) in [5, 5.41) is 2.87.